The lowest BCUT2D eigenvalue weighted by molar-refractivity contribution is -0.145. The average Bonchev–Trinajstić information content (AvgIpc) is 3.10. The van der Waals surface area contributed by atoms with E-state index in [-0.39, 0.29) is 25.5 Å². The molecule has 1 aliphatic carbocycles. The van der Waals surface area contributed by atoms with Gasteiger partial charge in [-0.05, 0) is 22.3 Å². The van der Waals surface area contributed by atoms with Crippen LogP contribution in [0.4, 0.5) is 4.79 Å². The summed E-state index contributed by atoms with van der Waals surface area (Å²) in [5.74, 6) is 0.210. The van der Waals surface area contributed by atoms with Gasteiger partial charge in [-0.1, -0.05) is 48.5 Å². The average molecular weight is 436 g/mol. The van der Waals surface area contributed by atoms with Crippen molar-refractivity contribution in [2.45, 2.75) is 18.4 Å². The molecule has 3 N–H and O–H groups in total. The number of carbonyl (C=O) groups is 3. The van der Waals surface area contributed by atoms with Crippen molar-refractivity contribution in [3.63, 3.8) is 0 Å². The fourth-order valence-electron chi connectivity index (χ4n) is 3.87. The predicted octanol–water partition coefficient (Wildman–Crippen LogP) is 1.82. The lowest BCUT2D eigenvalue weighted by Crippen LogP contribution is -2.50. The second-order valence-electron chi connectivity index (χ2n) is 7.31. The molecule has 32 heavy (non-hydrogen) atoms. The SMILES string of the molecule is C#CCC(NC(=O)OCC1c2ccccc2-c2ccccc21)C(=O)N(CCO)CC(=O)O. The van der Waals surface area contributed by atoms with E-state index in [4.69, 9.17) is 21.4 Å². The Morgan fingerprint density at radius 1 is 1.09 bits per heavy atom. The first-order valence-corrected chi connectivity index (χ1v) is 10.1. The van der Waals surface area contributed by atoms with Gasteiger partial charge in [0.05, 0.1) is 6.61 Å². The van der Waals surface area contributed by atoms with Crippen molar-refractivity contribution in [1.29, 1.82) is 0 Å². The summed E-state index contributed by atoms with van der Waals surface area (Å²) in [6.07, 6.45) is 4.34. The summed E-state index contributed by atoms with van der Waals surface area (Å²) in [5, 5.41) is 20.5. The fraction of sp³-hybridized carbons (Fsp3) is 0.292. The van der Waals surface area contributed by atoms with Gasteiger partial charge < -0.3 is 25.2 Å². The van der Waals surface area contributed by atoms with Gasteiger partial charge in [-0.2, -0.15) is 0 Å². The van der Waals surface area contributed by atoms with Crippen LogP contribution in [0.3, 0.4) is 0 Å². The van der Waals surface area contributed by atoms with Gasteiger partial charge in [0.25, 0.3) is 0 Å². The summed E-state index contributed by atoms with van der Waals surface area (Å²) in [5.41, 5.74) is 4.28. The molecule has 3 rings (SSSR count). The number of carbonyl (C=O) groups excluding carboxylic acids is 2. The molecule has 166 valence electrons. The Kier molecular flexibility index (Phi) is 7.47. The summed E-state index contributed by atoms with van der Waals surface area (Å²) in [7, 11) is 0. The molecule has 0 bridgehead atoms. The number of amides is 2. The zero-order chi connectivity index (χ0) is 23.1. The van der Waals surface area contributed by atoms with Crippen LogP contribution in [-0.4, -0.2) is 65.4 Å². The molecule has 0 saturated carbocycles. The number of carboxylic acids is 1. The monoisotopic (exact) mass is 436 g/mol. The molecule has 8 heteroatoms. The molecular weight excluding hydrogens is 412 g/mol. The van der Waals surface area contributed by atoms with Crippen LogP contribution in [0, 0.1) is 12.3 Å². The predicted molar refractivity (Wildman–Crippen MR) is 117 cm³/mol. The zero-order valence-corrected chi connectivity index (χ0v) is 17.4. The van der Waals surface area contributed by atoms with Gasteiger partial charge in [0.2, 0.25) is 5.91 Å². The van der Waals surface area contributed by atoms with Gasteiger partial charge in [-0.15, -0.1) is 12.3 Å². The standard InChI is InChI=1S/C24H24N2O6/c1-2-7-21(23(30)26(12-13-27)14-22(28)29)25-24(31)32-15-20-18-10-5-3-8-16(18)17-9-4-6-11-19(17)20/h1,3-6,8-11,20-21,27H,7,12-15H2,(H,25,31)(H,28,29). The van der Waals surface area contributed by atoms with Crippen molar-refractivity contribution in [2.24, 2.45) is 0 Å². The van der Waals surface area contributed by atoms with E-state index in [0.717, 1.165) is 27.2 Å². The molecule has 2 amide bonds. The maximum absolute atomic E-state index is 12.7. The Balaban J connectivity index is 1.68. The van der Waals surface area contributed by atoms with Gasteiger partial charge in [-0.25, -0.2) is 4.79 Å². The number of nitrogens with zero attached hydrogens (tertiary/aromatic N) is 1. The van der Waals surface area contributed by atoms with E-state index in [1.807, 2.05) is 48.5 Å². The van der Waals surface area contributed by atoms with Crippen molar-refractivity contribution in [3.05, 3.63) is 59.7 Å². The minimum atomic E-state index is -1.24. The first kappa shape index (κ1) is 22.8. The normalized spacial score (nSPS) is 12.8. The molecule has 0 heterocycles. The number of alkyl carbamates (subject to hydrolysis) is 1. The van der Waals surface area contributed by atoms with Crippen LogP contribution >= 0.6 is 0 Å². The van der Waals surface area contributed by atoms with Crippen molar-refractivity contribution in [1.82, 2.24) is 10.2 Å². The number of nitrogens with one attached hydrogen (secondary N) is 1. The molecule has 1 atom stereocenters. The van der Waals surface area contributed by atoms with Crippen LogP contribution in [-0.2, 0) is 14.3 Å². The smallest absolute Gasteiger partial charge is 0.407 e. The molecule has 8 nitrogen and oxygen atoms in total. The van der Waals surface area contributed by atoms with Crippen molar-refractivity contribution >= 4 is 18.0 Å². The molecule has 0 fully saturated rings. The molecular formula is C24H24N2O6. The fourth-order valence-corrected chi connectivity index (χ4v) is 3.87. The lowest BCUT2D eigenvalue weighted by atomic mass is 9.98. The van der Waals surface area contributed by atoms with E-state index >= 15 is 0 Å². The molecule has 0 spiro atoms. The second-order valence-corrected chi connectivity index (χ2v) is 7.31. The molecule has 2 aromatic carbocycles. The maximum Gasteiger partial charge on any atom is 0.407 e. The van der Waals surface area contributed by atoms with Gasteiger partial charge in [0.1, 0.15) is 19.2 Å². The van der Waals surface area contributed by atoms with E-state index in [1.54, 1.807) is 0 Å². The maximum atomic E-state index is 12.7. The van der Waals surface area contributed by atoms with Gasteiger partial charge >= 0.3 is 12.1 Å². The van der Waals surface area contributed by atoms with Crippen LogP contribution in [0.2, 0.25) is 0 Å². The molecule has 1 aliphatic rings. The minimum Gasteiger partial charge on any atom is -0.480 e. The number of ether oxygens (including phenoxy) is 1. The number of hydrogen-bond acceptors (Lipinski definition) is 5. The summed E-state index contributed by atoms with van der Waals surface area (Å²) in [4.78, 5) is 37.1. The third kappa shape index (κ3) is 5.07. The highest BCUT2D eigenvalue weighted by molar-refractivity contribution is 5.88. The Hall–Kier alpha value is -3.83. The van der Waals surface area contributed by atoms with Crippen molar-refractivity contribution in [2.75, 3.05) is 26.3 Å². The summed E-state index contributed by atoms with van der Waals surface area (Å²) < 4.78 is 5.43. The number of hydrogen-bond donors (Lipinski definition) is 3. The number of aliphatic carboxylic acids is 1. The number of benzene rings is 2. The number of terminal acetylenes is 1. The van der Waals surface area contributed by atoms with Crippen LogP contribution in [0.1, 0.15) is 23.5 Å². The third-order valence-corrected chi connectivity index (χ3v) is 5.26. The zero-order valence-electron chi connectivity index (χ0n) is 17.4. The van der Waals surface area contributed by atoms with E-state index in [1.165, 1.54) is 0 Å². The number of carboxylic acid groups (broad SMARTS) is 1. The Morgan fingerprint density at radius 2 is 1.69 bits per heavy atom. The summed E-state index contributed by atoms with van der Waals surface area (Å²) >= 11 is 0. The van der Waals surface area contributed by atoms with Crippen LogP contribution < -0.4 is 5.32 Å². The molecule has 2 aromatic rings. The second kappa shape index (κ2) is 10.5. The largest absolute Gasteiger partial charge is 0.480 e. The van der Waals surface area contributed by atoms with E-state index in [9.17, 15) is 14.4 Å². The van der Waals surface area contributed by atoms with E-state index < -0.39 is 37.2 Å². The number of fused-ring (bicyclic) bond motifs is 3. The number of aliphatic hydroxyl groups excluding tert-OH is 1. The Labute approximate surface area is 185 Å². The number of rotatable bonds is 9. The van der Waals surface area contributed by atoms with Crippen LogP contribution in [0.5, 0.6) is 0 Å². The number of aliphatic hydroxyl groups is 1. The third-order valence-electron chi connectivity index (χ3n) is 5.26. The first-order valence-electron chi connectivity index (χ1n) is 10.1. The Morgan fingerprint density at radius 3 is 2.22 bits per heavy atom. The van der Waals surface area contributed by atoms with Crippen LogP contribution in [0.15, 0.2) is 48.5 Å². The minimum absolute atomic E-state index is 0.0618. The molecule has 1 unspecified atom stereocenters. The van der Waals surface area contributed by atoms with Gasteiger partial charge in [-0.3, -0.25) is 9.59 Å². The topological polar surface area (TPSA) is 116 Å². The molecule has 0 aliphatic heterocycles. The van der Waals surface area contributed by atoms with Crippen LogP contribution in [0.25, 0.3) is 11.1 Å². The first-order chi connectivity index (χ1) is 15.5. The van der Waals surface area contributed by atoms with Gasteiger partial charge in [0, 0.05) is 18.9 Å². The highest BCUT2D eigenvalue weighted by Gasteiger charge is 2.30. The highest BCUT2D eigenvalue weighted by atomic mass is 16.5. The van der Waals surface area contributed by atoms with E-state index in [0.29, 0.717) is 0 Å². The Bertz CT molecular complexity index is 999. The quantitative estimate of drug-likeness (QED) is 0.517. The van der Waals surface area contributed by atoms with E-state index in [2.05, 4.69) is 11.2 Å². The highest BCUT2D eigenvalue weighted by Crippen LogP contribution is 2.44. The molecule has 0 saturated heterocycles. The van der Waals surface area contributed by atoms with Crippen molar-refractivity contribution in [3.8, 4) is 23.5 Å². The van der Waals surface area contributed by atoms with Crippen molar-refractivity contribution < 1.29 is 29.3 Å². The summed E-state index contributed by atoms with van der Waals surface area (Å²) in [6.45, 7) is -1.18. The lowest BCUT2D eigenvalue weighted by Gasteiger charge is -2.25. The van der Waals surface area contributed by atoms with Gasteiger partial charge in [0.15, 0.2) is 0 Å². The molecule has 0 radical (unpaired) electrons. The molecule has 0 aromatic heterocycles. The summed E-state index contributed by atoms with van der Waals surface area (Å²) in [6, 6.07) is 14.6.